The number of pyridine rings is 1. The molecule has 0 radical (unpaired) electrons. The van der Waals surface area contributed by atoms with Crippen LogP contribution in [-0.4, -0.2) is 23.5 Å². The van der Waals surface area contributed by atoms with Crippen LogP contribution in [0, 0.1) is 12.1 Å². The van der Waals surface area contributed by atoms with Gasteiger partial charge in [-0.05, 0) is 34.6 Å². The summed E-state index contributed by atoms with van der Waals surface area (Å²) < 4.78 is 12.6. The topological polar surface area (TPSA) is 49.3 Å². The summed E-state index contributed by atoms with van der Waals surface area (Å²) in [6.45, 7) is 6.65. The van der Waals surface area contributed by atoms with Gasteiger partial charge in [0.05, 0.1) is 5.69 Å². The Morgan fingerprint density at radius 3 is 2.40 bits per heavy atom. The summed E-state index contributed by atoms with van der Waals surface area (Å²) in [5.41, 5.74) is 6.04. The van der Waals surface area contributed by atoms with E-state index in [2.05, 4.69) is 92.1 Å². The van der Waals surface area contributed by atoms with Gasteiger partial charge in [0.25, 0.3) is 0 Å². The molecule has 7 heteroatoms. The van der Waals surface area contributed by atoms with Crippen molar-refractivity contribution in [2.24, 2.45) is 0 Å². The standard InChI is InChI=1S/C38H29N5O.Pt/c1-38(2,3)27-18-19-39-36(22-27)43-34-15-8-7-14-31(34)32-17-16-30(24-35(32)43)44-29-13-9-12-28(23-29)42-21-20-41-25-33(40-37(41)42)26-10-5-4-6-11-26;/h4-22,25H,1-3H3;/q-2;+2. The van der Waals surface area contributed by atoms with Crippen molar-refractivity contribution in [3.8, 4) is 34.3 Å². The quantitative estimate of drug-likeness (QED) is 0.165. The average Bonchev–Trinajstić information content (AvgIpc) is 3.73. The van der Waals surface area contributed by atoms with E-state index in [9.17, 15) is 0 Å². The number of aromatic nitrogens is 5. The van der Waals surface area contributed by atoms with Crippen LogP contribution < -0.4 is 4.74 Å². The van der Waals surface area contributed by atoms with Gasteiger partial charge < -0.3 is 13.9 Å². The monoisotopic (exact) mass is 766 g/mol. The summed E-state index contributed by atoms with van der Waals surface area (Å²) in [5, 5.41) is 2.24. The smallest absolute Gasteiger partial charge is 0.509 e. The Labute approximate surface area is 275 Å². The van der Waals surface area contributed by atoms with Crippen molar-refractivity contribution in [2.45, 2.75) is 26.2 Å². The third-order valence-corrected chi connectivity index (χ3v) is 8.00. The van der Waals surface area contributed by atoms with Crippen LogP contribution in [0.1, 0.15) is 26.3 Å². The molecule has 222 valence electrons. The number of rotatable bonds is 5. The molecule has 0 aliphatic heterocycles. The molecule has 4 aromatic carbocycles. The van der Waals surface area contributed by atoms with E-state index in [4.69, 9.17) is 14.7 Å². The van der Waals surface area contributed by atoms with E-state index in [0.29, 0.717) is 11.5 Å². The third-order valence-electron chi connectivity index (χ3n) is 8.00. The number of imidazole rings is 2. The van der Waals surface area contributed by atoms with Gasteiger partial charge in [0.15, 0.2) is 0 Å². The molecule has 6 nitrogen and oxygen atoms in total. The molecule has 45 heavy (non-hydrogen) atoms. The van der Waals surface area contributed by atoms with Crippen LogP contribution >= 0.6 is 0 Å². The summed E-state index contributed by atoms with van der Waals surface area (Å²) in [4.78, 5) is 9.68. The zero-order valence-corrected chi connectivity index (χ0v) is 27.3. The predicted octanol–water partition coefficient (Wildman–Crippen LogP) is 8.97. The fraction of sp³-hybridized carbons (Fsp3) is 0.105. The Morgan fingerprint density at radius 1 is 0.756 bits per heavy atom. The van der Waals surface area contributed by atoms with E-state index in [1.165, 1.54) is 5.56 Å². The molecular formula is C38H29N5OPt. The van der Waals surface area contributed by atoms with Gasteiger partial charge in [-0.25, -0.2) is 9.97 Å². The Kier molecular flexibility index (Phi) is 7.18. The van der Waals surface area contributed by atoms with Crippen LogP contribution in [0.25, 0.3) is 50.3 Å². The maximum absolute atomic E-state index is 6.39. The minimum absolute atomic E-state index is 0. The molecule has 0 fully saturated rings. The number of para-hydroxylation sites is 1. The molecule has 0 saturated carbocycles. The molecule has 0 aliphatic carbocycles. The Balaban J connectivity index is 0.00000325. The van der Waals surface area contributed by atoms with Gasteiger partial charge in [0, 0.05) is 47.4 Å². The van der Waals surface area contributed by atoms with Crippen molar-refractivity contribution in [2.75, 3.05) is 0 Å². The third kappa shape index (κ3) is 5.15. The minimum Gasteiger partial charge on any atom is -0.509 e. The van der Waals surface area contributed by atoms with Gasteiger partial charge in [0.2, 0.25) is 5.78 Å². The van der Waals surface area contributed by atoms with Gasteiger partial charge in [-0.15, -0.1) is 35.7 Å². The van der Waals surface area contributed by atoms with Crippen LogP contribution in [0.2, 0.25) is 0 Å². The number of hydrogen-bond donors (Lipinski definition) is 0. The summed E-state index contributed by atoms with van der Waals surface area (Å²) in [5.74, 6) is 2.86. The fourth-order valence-electron chi connectivity index (χ4n) is 5.75. The first kappa shape index (κ1) is 28.8. The first-order chi connectivity index (χ1) is 21.4. The second kappa shape index (κ2) is 11.2. The summed E-state index contributed by atoms with van der Waals surface area (Å²) >= 11 is 0. The second-order valence-corrected chi connectivity index (χ2v) is 12.0. The zero-order chi connectivity index (χ0) is 29.8. The van der Waals surface area contributed by atoms with Crippen molar-refractivity contribution in [1.29, 1.82) is 0 Å². The number of benzene rings is 4. The molecule has 0 spiro atoms. The van der Waals surface area contributed by atoms with Gasteiger partial charge in [-0.1, -0.05) is 80.5 Å². The van der Waals surface area contributed by atoms with E-state index in [1.807, 2.05) is 76.2 Å². The Hall–Kier alpha value is -4.93. The first-order valence-electron chi connectivity index (χ1n) is 14.7. The number of hydrogen-bond acceptors (Lipinski definition) is 3. The molecule has 8 aromatic rings. The molecule has 0 saturated heterocycles. The van der Waals surface area contributed by atoms with Gasteiger partial charge in [-0.3, -0.25) is 4.40 Å². The fourth-order valence-corrected chi connectivity index (χ4v) is 5.75. The largest absolute Gasteiger partial charge is 2.00 e. The molecule has 0 atom stereocenters. The second-order valence-electron chi connectivity index (χ2n) is 12.0. The van der Waals surface area contributed by atoms with E-state index in [-0.39, 0.29) is 26.5 Å². The Morgan fingerprint density at radius 2 is 1.56 bits per heavy atom. The zero-order valence-electron chi connectivity index (χ0n) is 25.0. The molecule has 4 heterocycles. The number of nitrogens with zero attached hydrogens (tertiary/aromatic N) is 5. The van der Waals surface area contributed by atoms with E-state index < -0.39 is 0 Å². The number of fused-ring (bicyclic) bond motifs is 4. The normalized spacial score (nSPS) is 11.7. The van der Waals surface area contributed by atoms with Crippen LogP contribution in [0.15, 0.2) is 122 Å². The SMILES string of the molecule is CC(C)(C)c1ccnc(-n2c3[c-]c(Oc4[c-]c(-n5ccn6cc(-c7ccccc7)nc56)ccc4)ccc3c3ccccc32)c1.[Pt+2]. The average molecular weight is 767 g/mol. The van der Waals surface area contributed by atoms with Gasteiger partial charge in [-0.2, -0.15) is 12.1 Å². The van der Waals surface area contributed by atoms with E-state index >= 15 is 0 Å². The maximum Gasteiger partial charge on any atom is 2.00 e. The van der Waals surface area contributed by atoms with Crippen molar-refractivity contribution in [3.63, 3.8) is 0 Å². The molecule has 0 aliphatic rings. The summed E-state index contributed by atoms with van der Waals surface area (Å²) in [6.07, 6.45) is 7.91. The molecule has 0 bridgehead atoms. The molecule has 4 aromatic heterocycles. The van der Waals surface area contributed by atoms with Crippen LogP contribution in [0.4, 0.5) is 0 Å². The van der Waals surface area contributed by atoms with Gasteiger partial charge >= 0.3 is 21.1 Å². The minimum atomic E-state index is 0. The van der Waals surface area contributed by atoms with Gasteiger partial charge in [0.1, 0.15) is 5.82 Å². The molecular weight excluding hydrogens is 738 g/mol. The molecule has 0 amide bonds. The Bertz CT molecular complexity index is 2310. The molecule has 0 N–H and O–H groups in total. The van der Waals surface area contributed by atoms with Crippen LogP contribution in [0.3, 0.4) is 0 Å². The first-order valence-corrected chi connectivity index (χ1v) is 14.7. The summed E-state index contributed by atoms with van der Waals surface area (Å²) in [7, 11) is 0. The van der Waals surface area contributed by atoms with Crippen molar-refractivity contribution in [1.82, 2.24) is 23.5 Å². The van der Waals surface area contributed by atoms with Crippen LogP contribution in [0.5, 0.6) is 11.5 Å². The van der Waals surface area contributed by atoms with Crippen molar-refractivity contribution >= 4 is 27.6 Å². The predicted molar refractivity (Wildman–Crippen MR) is 175 cm³/mol. The molecule has 0 unspecified atom stereocenters. The molecule has 8 rings (SSSR count). The number of ether oxygens (including phenoxy) is 1. The van der Waals surface area contributed by atoms with Crippen LogP contribution in [-0.2, 0) is 26.5 Å². The van der Waals surface area contributed by atoms with E-state index in [0.717, 1.165) is 50.3 Å². The maximum atomic E-state index is 6.39. The van der Waals surface area contributed by atoms with Crippen molar-refractivity contribution in [3.05, 3.63) is 140 Å². The van der Waals surface area contributed by atoms with Crippen molar-refractivity contribution < 1.29 is 25.8 Å². The van der Waals surface area contributed by atoms with E-state index in [1.54, 1.807) is 0 Å². The summed E-state index contributed by atoms with van der Waals surface area (Å²) in [6, 6.07) is 39.8.